The van der Waals surface area contributed by atoms with E-state index in [4.69, 9.17) is 9.47 Å². The number of rotatable bonds is 8. The topological polar surface area (TPSA) is 43.7 Å². The van der Waals surface area contributed by atoms with Crippen LogP contribution in [0.1, 0.15) is 36.0 Å². The maximum absolute atomic E-state index is 13.4. The minimum Gasteiger partial charge on any atom is -0.494 e. The van der Waals surface area contributed by atoms with Gasteiger partial charge in [0.15, 0.2) is 0 Å². The predicted octanol–water partition coefficient (Wildman–Crippen LogP) is 5.47. The van der Waals surface area contributed by atoms with Gasteiger partial charge in [0.2, 0.25) is 5.91 Å². The van der Waals surface area contributed by atoms with Gasteiger partial charge in [0.25, 0.3) is 0 Å². The van der Waals surface area contributed by atoms with E-state index in [0.717, 1.165) is 17.9 Å². The fourth-order valence-electron chi connectivity index (χ4n) is 4.95. The fraction of sp³-hybridized carbons (Fsp3) is 0.300. The first kappa shape index (κ1) is 23.2. The Labute approximate surface area is 206 Å². The number of carbonyl (C=O) groups is 1. The first-order valence-corrected chi connectivity index (χ1v) is 12.4. The van der Waals surface area contributed by atoms with Crippen LogP contribution in [0.15, 0.2) is 85.1 Å². The summed E-state index contributed by atoms with van der Waals surface area (Å²) in [5.41, 5.74) is 4.74. The molecule has 0 spiro atoms. The lowest BCUT2D eigenvalue weighted by Crippen LogP contribution is -2.41. The van der Waals surface area contributed by atoms with Crippen molar-refractivity contribution < 1.29 is 14.3 Å². The smallest absolute Gasteiger partial charge is 0.223 e. The fourth-order valence-corrected chi connectivity index (χ4v) is 4.95. The number of morpholine rings is 1. The Morgan fingerprint density at radius 2 is 1.66 bits per heavy atom. The van der Waals surface area contributed by atoms with Gasteiger partial charge in [0, 0.05) is 49.1 Å². The molecule has 0 saturated carbocycles. The molecule has 1 unspecified atom stereocenters. The van der Waals surface area contributed by atoms with Crippen LogP contribution in [0.5, 0.6) is 5.75 Å². The van der Waals surface area contributed by atoms with Crippen LogP contribution in [0.3, 0.4) is 0 Å². The molecule has 0 aliphatic carbocycles. The zero-order chi connectivity index (χ0) is 24.0. The summed E-state index contributed by atoms with van der Waals surface area (Å²) in [6.07, 6.45) is 2.67. The van der Waals surface area contributed by atoms with Gasteiger partial charge >= 0.3 is 0 Å². The first-order chi connectivity index (χ1) is 17.2. The SMILES string of the molecule is CCOc1ccc(C(CC(=O)N2CCOCC2)c2cn(Cc3ccccc3)c3ccccc23)cc1. The minimum atomic E-state index is -0.0528. The molecule has 0 N–H and O–H groups in total. The van der Waals surface area contributed by atoms with E-state index in [-0.39, 0.29) is 11.8 Å². The highest BCUT2D eigenvalue weighted by Gasteiger charge is 2.26. The molecule has 1 atom stereocenters. The summed E-state index contributed by atoms with van der Waals surface area (Å²) in [6, 6.07) is 27.2. The van der Waals surface area contributed by atoms with E-state index in [1.165, 1.54) is 22.0 Å². The van der Waals surface area contributed by atoms with Gasteiger partial charge in [-0.25, -0.2) is 0 Å². The number of ether oxygens (including phenoxy) is 2. The maximum Gasteiger partial charge on any atom is 0.223 e. The van der Waals surface area contributed by atoms with Gasteiger partial charge in [-0.2, -0.15) is 0 Å². The molecule has 1 amide bonds. The van der Waals surface area contributed by atoms with Crippen molar-refractivity contribution in [2.75, 3.05) is 32.9 Å². The Balaban J connectivity index is 1.54. The molecule has 5 rings (SSSR count). The predicted molar refractivity (Wildman–Crippen MR) is 139 cm³/mol. The zero-order valence-electron chi connectivity index (χ0n) is 20.2. The molecule has 0 radical (unpaired) electrons. The molecule has 180 valence electrons. The number of amides is 1. The summed E-state index contributed by atoms with van der Waals surface area (Å²) in [6.45, 7) is 5.93. The second-order valence-corrected chi connectivity index (χ2v) is 8.97. The van der Waals surface area contributed by atoms with Crippen molar-refractivity contribution in [3.63, 3.8) is 0 Å². The van der Waals surface area contributed by atoms with Crippen LogP contribution in [0.25, 0.3) is 10.9 Å². The zero-order valence-corrected chi connectivity index (χ0v) is 20.2. The van der Waals surface area contributed by atoms with Gasteiger partial charge in [-0.05, 0) is 41.8 Å². The Morgan fingerprint density at radius 3 is 2.40 bits per heavy atom. The van der Waals surface area contributed by atoms with Crippen molar-refractivity contribution in [1.29, 1.82) is 0 Å². The highest BCUT2D eigenvalue weighted by atomic mass is 16.5. The van der Waals surface area contributed by atoms with E-state index >= 15 is 0 Å². The van der Waals surface area contributed by atoms with Crippen molar-refractivity contribution >= 4 is 16.8 Å². The molecular formula is C30H32N2O3. The van der Waals surface area contributed by atoms with Crippen molar-refractivity contribution in [2.24, 2.45) is 0 Å². The highest BCUT2D eigenvalue weighted by molar-refractivity contribution is 5.87. The average Bonchev–Trinajstić information content (AvgIpc) is 3.27. The van der Waals surface area contributed by atoms with Crippen LogP contribution in [0.4, 0.5) is 0 Å². The third-order valence-corrected chi connectivity index (χ3v) is 6.73. The quantitative estimate of drug-likeness (QED) is 0.344. The largest absolute Gasteiger partial charge is 0.494 e. The van der Waals surface area contributed by atoms with E-state index < -0.39 is 0 Å². The normalized spacial score (nSPS) is 14.7. The van der Waals surface area contributed by atoms with Crippen LogP contribution < -0.4 is 4.74 Å². The maximum atomic E-state index is 13.4. The third kappa shape index (κ3) is 5.25. The lowest BCUT2D eigenvalue weighted by atomic mass is 9.87. The molecule has 0 bridgehead atoms. The van der Waals surface area contributed by atoms with Gasteiger partial charge in [-0.15, -0.1) is 0 Å². The van der Waals surface area contributed by atoms with E-state index in [9.17, 15) is 4.79 Å². The van der Waals surface area contributed by atoms with Crippen LogP contribution in [0, 0.1) is 0 Å². The van der Waals surface area contributed by atoms with E-state index in [0.29, 0.717) is 39.3 Å². The second-order valence-electron chi connectivity index (χ2n) is 8.97. The number of para-hydroxylation sites is 1. The van der Waals surface area contributed by atoms with Gasteiger partial charge in [-0.1, -0.05) is 60.7 Å². The molecule has 3 aromatic carbocycles. The molecule has 1 aliphatic rings. The summed E-state index contributed by atoms with van der Waals surface area (Å²) >= 11 is 0. The van der Waals surface area contributed by atoms with Gasteiger partial charge in [-0.3, -0.25) is 4.79 Å². The molecule has 2 heterocycles. The van der Waals surface area contributed by atoms with E-state index in [1.807, 2.05) is 30.0 Å². The molecular weight excluding hydrogens is 436 g/mol. The number of hydrogen-bond acceptors (Lipinski definition) is 3. The molecule has 4 aromatic rings. The highest BCUT2D eigenvalue weighted by Crippen LogP contribution is 2.36. The average molecular weight is 469 g/mol. The summed E-state index contributed by atoms with van der Waals surface area (Å²) < 4.78 is 13.4. The number of nitrogens with zero attached hydrogens (tertiary/aromatic N) is 2. The molecule has 1 aliphatic heterocycles. The van der Waals surface area contributed by atoms with Crippen molar-refractivity contribution in [3.05, 3.63) is 102 Å². The number of carbonyl (C=O) groups excluding carboxylic acids is 1. The number of benzene rings is 3. The Kier molecular flexibility index (Phi) is 7.15. The Bertz CT molecular complexity index is 1260. The molecule has 1 aromatic heterocycles. The van der Waals surface area contributed by atoms with Crippen LogP contribution in [-0.4, -0.2) is 48.3 Å². The standard InChI is InChI=1S/C30H32N2O3/c1-2-35-25-14-12-24(13-15-25)27(20-30(33)31-16-18-34-19-17-31)28-22-32(21-23-8-4-3-5-9-23)29-11-7-6-10-26(28)29/h3-15,22,27H,2,16-21H2,1H3. The molecule has 1 fully saturated rings. The minimum absolute atomic E-state index is 0.0528. The van der Waals surface area contributed by atoms with E-state index in [2.05, 4.69) is 71.4 Å². The van der Waals surface area contributed by atoms with Crippen LogP contribution in [0.2, 0.25) is 0 Å². The third-order valence-electron chi connectivity index (χ3n) is 6.73. The lowest BCUT2D eigenvalue weighted by molar-refractivity contribution is -0.135. The number of fused-ring (bicyclic) bond motifs is 1. The van der Waals surface area contributed by atoms with Gasteiger partial charge < -0.3 is 18.9 Å². The van der Waals surface area contributed by atoms with Crippen molar-refractivity contribution in [3.8, 4) is 5.75 Å². The summed E-state index contributed by atoms with van der Waals surface area (Å²) in [4.78, 5) is 15.3. The lowest BCUT2D eigenvalue weighted by Gasteiger charge is -2.28. The number of hydrogen-bond donors (Lipinski definition) is 0. The molecule has 5 nitrogen and oxygen atoms in total. The van der Waals surface area contributed by atoms with E-state index in [1.54, 1.807) is 0 Å². The summed E-state index contributed by atoms with van der Waals surface area (Å²) in [5, 5.41) is 1.19. The Hall–Kier alpha value is -3.57. The van der Waals surface area contributed by atoms with Gasteiger partial charge in [0.1, 0.15) is 5.75 Å². The number of aromatic nitrogens is 1. The summed E-state index contributed by atoms with van der Waals surface area (Å²) in [5.74, 6) is 0.969. The second kappa shape index (κ2) is 10.8. The first-order valence-electron chi connectivity index (χ1n) is 12.4. The summed E-state index contributed by atoms with van der Waals surface area (Å²) in [7, 11) is 0. The molecule has 5 heteroatoms. The molecule has 35 heavy (non-hydrogen) atoms. The monoisotopic (exact) mass is 468 g/mol. The Morgan fingerprint density at radius 1 is 0.943 bits per heavy atom. The van der Waals surface area contributed by atoms with Gasteiger partial charge in [0.05, 0.1) is 19.8 Å². The van der Waals surface area contributed by atoms with Crippen LogP contribution in [-0.2, 0) is 16.1 Å². The molecule has 1 saturated heterocycles. The van der Waals surface area contributed by atoms with Crippen molar-refractivity contribution in [2.45, 2.75) is 25.8 Å². The van der Waals surface area contributed by atoms with Crippen molar-refractivity contribution in [1.82, 2.24) is 9.47 Å². The van der Waals surface area contributed by atoms with Crippen LogP contribution >= 0.6 is 0 Å².